The van der Waals surface area contributed by atoms with Crippen LogP contribution in [-0.4, -0.2) is 41.2 Å². The molecule has 20 heavy (non-hydrogen) atoms. The Morgan fingerprint density at radius 3 is 2.60 bits per heavy atom. The molecule has 0 spiro atoms. The molecule has 0 bridgehead atoms. The van der Waals surface area contributed by atoms with Gasteiger partial charge < -0.3 is 9.84 Å². The Balaban J connectivity index is 1.63. The number of piperazine rings is 1. The Hall–Kier alpha value is -0.940. The van der Waals surface area contributed by atoms with Crippen molar-refractivity contribution < 1.29 is 4.52 Å². The summed E-state index contributed by atoms with van der Waals surface area (Å²) in [7, 11) is 0. The highest BCUT2D eigenvalue weighted by atomic mass is 16.5. The minimum atomic E-state index is 0.237. The van der Waals surface area contributed by atoms with E-state index in [2.05, 4.69) is 29.2 Å². The molecule has 1 aliphatic carbocycles. The molecule has 0 amide bonds. The summed E-state index contributed by atoms with van der Waals surface area (Å²) >= 11 is 0. The van der Waals surface area contributed by atoms with Gasteiger partial charge in [0.2, 0.25) is 5.89 Å². The quantitative estimate of drug-likeness (QED) is 0.919. The maximum Gasteiger partial charge on any atom is 0.243 e. The molecule has 0 aromatic carbocycles. The van der Waals surface area contributed by atoms with E-state index < -0.39 is 0 Å². The lowest BCUT2D eigenvalue weighted by Gasteiger charge is -2.30. The smallest absolute Gasteiger partial charge is 0.243 e. The van der Waals surface area contributed by atoms with Crippen LogP contribution in [0.4, 0.5) is 0 Å². The second-order valence-corrected chi connectivity index (χ2v) is 6.41. The predicted octanol–water partition coefficient (Wildman–Crippen LogP) is 2.33. The summed E-state index contributed by atoms with van der Waals surface area (Å²) in [5, 5.41) is 7.63. The molecule has 1 unspecified atom stereocenters. The summed E-state index contributed by atoms with van der Waals surface area (Å²) in [4.78, 5) is 7.11. The van der Waals surface area contributed by atoms with E-state index in [0.717, 1.165) is 43.8 Å². The van der Waals surface area contributed by atoms with E-state index in [1.54, 1.807) is 0 Å². The molecule has 1 aromatic heterocycles. The molecule has 5 nitrogen and oxygen atoms in total. The lowest BCUT2D eigenvalue weighted by atomic mass is 9.83. The van der Waals surface area contributed by atoms with Crippen LogP contribution in [0.3, 0.4) is 0 Å². The van der Waals surface area contributed by atoms with Gasteiger partial charge in [-0.1, -0.05) is 24.9 Å². The minimum Gasteiger partial charge on any atom is -0.338 e. The monoisotopic (exact) mass is 278 g/mol. The van der Waals surface area contributed by atoms with Crippen LogP contribution in [0.5, 0.6) is 0 Å². The second kappa shape index (κ2) is 6.22. The minimum absolute atomic E-state index is 0.237. The van der Waals surface area contributed by atoms with Crippen molar-refractivity contribution in [3.8, 4) is 0 Å². The van der Waals surface area contributed by atoms with Crippen molar-refractivity contribution in [3.05, 3.63) is 11.7 Å². The van der Waals surface area contributed by atoms with E-state index in [1.807, 2.05) is 0 Å². The summed E-state index contributed by atoms with van der Waals surface area (Å²) in [6.07, 6.45) is 5.01. The zero-order valence-corrected chi connectivity index (χ0v) is 12.6. The molecule has 1 saturated carbocycles. The van der Waals surface area contributed by atoms with E-state index in [0.29, 0.717) is 5.92 Å². The van der Waals surface area contributed by atoms with Crippen molar-refractivity contribution in [2.75, 3.05) is 26.2 Å². The van der Waals surface area contributed by atoms with Gasteiger partial charge in [0.1, 0.15) is 0 Å². The Kier molecular flexibility index (Phi) is 4.36. The van der Waals surface area contributed by atoms with Crippen LogP contribution in [0.1, 0.15) is 63.2 Å². The number of nitrogens with one attached hydrogen (secondary N) is 1. The molecule has 1 saturated heterocycles. The fourth-order valence-electron chi connectivity index (χ4n) is 3.33. The topological polar surface area (TPSA) is 54.2 Å². The summed E-state index contributed by atoms with van der Waals surface area (Å²) < 4.78 is 5.54. The fraction of sp³-hybridized carbons (Fsp3) is 0.867. The number of hydrogen-bond acceptors (Lipinski definition) is 5. The van der Waals surface area contributed by atoms with Crippen molar-refractivity contribution in [2.45, 2.75) is 51.5 Å². The van der Waals surface area contributed by atoms with Gasteiger partial charge in [-0.25, -0.2) is 0 Å². The first-order valence-corrected chi connectivity index (χ1v) is 8.02. The highest BCUT2D eigenvalue weighted by molar-refractivity contribution is 5.00. The van der Waals surface area contributed by atoms with Crippen LogP contribution in [0.15, 0.2) is 4.52 Å². The summed E-state index contributed by atoms with van der Waals surface area (Å²) in [5.74, 6) is 3.10. The van der Waals surface area contributed by atoms with Crippen LogP contribution >= 0.6 is 0 Å². The van der Waals surface area contributed by atoms with E-state index in [4.69, 9.17) is 9.51 Å². The zero-order valence-electron chi connectivity index (χ0n) is 12.6. The maximum absolute atomic E-state index is 5.54. The second-order valence-electron chi connectivity index (χ2n) is 6.41. The predicted molar refractivity (Wildman–Crippen MR) is 77.5 cm³/mol. The van der Waals surface area contributed by atoms with Crippen LogP contribution in [0.25, 0.3) is 0 Å². The van der Waals surface area contributed by atoms with Crippen molar-refractivity contribution in [3.63, 3.8) is 0 Å². The molecule has 1 atom stereocenters. The molecule has 3 rings (SSSR count). The number of hydrogen-bond donors (Lipinski definition) is 1. The molecule has 1 N–H and O–H groups in total. The van der Waals surface area contributed by atoms with Crippen LogP contribution in [0, 0.1) is 5.92 Å². The first-order valence-electron chi connectivity index (χ1n) is 8.02. The van der Waals surface area contributed by atoms with Gasteiger partial charge >= 0.3 is 0 Å². The van der Waals surface area contributed by atoms with E-state index >= 15 is 0 Å². The molecule has 112 valence electrons. The highest BCUT2D eigenvalue weighted by Crippen LogP contribution is 2.34. The Morgan fingerprint density at radius 1 is 1.20 bits per heavy atom. The molecule has 0 radical (unpaired) electrons. The van der Waals surface area contributed by atoms with Crippen LogP contribution < -0.4 is 5.32 Å². The van der Waals surface area contributed by atoms with Crippen molar-refractivity contribution in [1.29, 1.82) is 0 Å². The molecule has 1 aromatic rings. The SMILES string of the molecule is CC1CCC(c2noc(C(C)N3CCNCC3)n2)CC1. The van der Waals surface area contributed by atoms with E-state index in [1.165, 1.54) is 25.7 Å². The van der Waals surface area contributed by atoms with Gasteiger partial charge in [0.25, 0.3) is 0 Å². The van der Waals surface area contributed by atoms with Crippen LogP contribution in [0.2, 0.25) is 0 Å². The highest BCUT2D eigenvalue weighted by Gasteiger charge is 2.27. The lowest BCUT2D eigenvalue weighted by molar-refractivity contribution is 0.154. The summed E-state index contributed by atoms with van der Waals surface area (Å²) in [6, 6.07) is 0.237. The number of rotatable bonds is 3. The average Bonchev–Trinajstić information content (AvgIpc) is 2.98. The molecule has 5 heteroatoms. The Bertz CT molecular complexity index is 419. The van der Waals surface area contributed by atoms with Gasteiger partial charge in [0.15, 0.2) is 5.82 Å². The van der Waals surface area contributed by atoms with Crippen molar-refractivity contribution in [2.24, 2.45) is 5.92 Å². The molecular weight excluding hydrogens is 252 g/mol. The molecule has 2 heterocycles. The summed E-state index contributed by atoms with van der Waals surface area (Å²) in [5.41, 5.74) is 0. The Labute approximate surface area is 121 Å². The van der Waals surface area contributed by atoms with Gasteiger partial charge in [0, 0.05) is 32.1 Å². The van der Waals surface area contributed by atoms with E-state index in [-0.39, 0.29) is 6.04 Å². The third kappa shape index (κ3) is 3.04. The third-order valence-corrected chi connectivity index (χ3v) is 4.90. The molecule has 1 aliphatic heterocycles. The first kappa shape index (κ1) is 14.0. The van der Waals surface area contributed by atoms with Crippen LogP contribution in [-0.2, 0) is 0 Å². The third-order valence-electron chi connectivity index (χ3n) is 4.90. The van der Waals surface area contributed by atoms with Gasteiger partial charge in [-0.3, -0.25) is 4.90 Å². The average molecular weight is 278 g/mol. The van der Waals surface area contributed by atoms with E-state index in [9.17, 15) is 0 Å². The number of aromatic nitrogens is 2. The van der Waals surface area contributed by atoms with Gasteiger partial charge in [-0.15, -0.1) is 0 Å². The lowest BCUT2D eigenvalue weighted by Crippen LogP contribution is -2.44. The maximum atomic E-state index is 5.54. The molecule has 2 fully saturated rings. The van der Waals surface area contributed by atoms with Crippen molar-refractivity contribution >= 4 is 0 Å². The van der Waals surface area contributed by atoms with Crippen molar-refractivity contribution in [1.82, 2.24) is 20.4 Å². The summed E-state index contributed by atoms with van der Waals surface area (Å²) in [6.45, 7) is 8.72. The normalized spacial score (nSPS) is 30.3. The molecular formula is C15H26N4O. The fourth-order valence-corrected chi connectivity index (χ4v) is 3.33. The zero-order chi connectivity index (χ0) is 13.9. The standard InChI is InChI=1S/C15H26N4O/c1-11-3-5-13(6-4-11)14-17-15(20-18-14)12(2)19-9-7-16-8-10-19/h11-13,16H,3-10H2,1-2H3. The van der Waals surface area contributed by atoms with Gasteiger partial charge in [0.05, 0.1) is 6.04 Å². The molecule has 2 aliphatic rings. The first-order chi connectivity index (χ1) is 9.74. The Morgan fingerprint density at radius 2 is 1.90 bits per heavy atom. The largest absolute Gasteiger partial charge is 0.338 e. The van der Waals surface area contributed by atoms with Gasteiger partial charge in [-0.2, -0.15) is 4.98 Å². The number of nitrogens with zero attached hydrogens (tertiary/aromatic N) is 3. The van der Waals surface area contributed by atoms with Gasteiger partial charge in [-0.05, 0) is 25.7 Å².